The summed E-state index contributed by atoms with van der Waals surface area (Å²) in [5.74, 6) is 0.746. The molecule has 0 spiro atoms. The molecule has 2 aromatic carbocycles. The fourth-order valence-electron chi connectivity index (χ4n) is 6.95. The number of hydrogen-bond acceptors (Lipinski definition) is 7. The molecule has 12 heteroatoms. The van der Waals surface area contributed by atoms with Crippen molar-refractivity contribution in [3.8, 4) is 11.5 Å². The second-order valence-corrected chi connectivity index (χ2v) is 13.2. The van der Waals surface area contributed by atoms with Gasteiger partial charge in [-0.05, 0) is 80.0 Å². The van der Waals surface area contributed by atoms with Gasteiger partial charge in [-0.2, -0.15) is 13.2 Å². The number of nitrogens with one attached hydrogen (secondary N) is 1. The SMILES string of the molecule is C=C(OC1(C)CCC(c2ccc(Cl)cc2)C(CN2CCN(c3ccc(C(O)=C=O)c(Oc4cnc5[nH]ccc5c4)c3)CC2)C1)C(F)(F)F. The molecule has 252 valence electrons. The van der Waals surface area contributed by atoms with Gasteiger partial charge in [0.15, 0.2) is 11.7 Å². The average Bonchev–Trinajstić information content (AvgIpc) is 3.53. The predicted octanol–water partition coefficient (Wildman–Crippen LogP) is 8.30. The lowest BCUT2D eigenvalue weighted by molar-refractivity contribution is -0.163. The Kier molecular flexibility index (Phi) is 9.47. The van der Waals surface area contributed by atoms with Crippen molar-refractivity contribution in [3.63, 3.8) is 0 Å². The third-order valence-electron chi connectivity index (χ3n) is 9.38. The lowest BCUT2D eigenvalue weighted by Gasteiger charge is -2.46. The van der Waals surface area contributed by atoms with Crippen LogP contribution in [0.1, 0.15) is 43.2 Å². The second kappa shape index (κ2) is 13.6. The highest BCUT2D eigenvalue weighted by atomic mass is 35.5. The van der Waals surface area contributed by atoms with E-state index in [9.17, 15) is 23.1 Å². The van der Waals surface area contributed by atoms with E-state index in [2.05, 4.69) is 26.3 Å². The lowest BCUT2D eigenvalue weighted by Crippen LogP contribution is -2.50. The maximum absolute atomic E-state index is 13.4. The van der Waals surface area contributed by atoms with Crippen molar-refractivity contribution in [3.05, 3.63) is 95.5 Å². The van der Waals surface area contributed by atoms with Crippen LogP contribution in [0, 0.1) is 5.92 Å². The summed E-state index contributed by atoms with van der Waals surface area (Å²) in [4.78, 5) is 23.3. The Morgan fingerprint density at radius 3 is 2.60 bits per heavy atom. The van der Waals surface area contributed by atoms with E-state index < -0.39 is 23.3 Å². The highest BCUT2D eigenvalue weighted by Crippen LogP contribution is 2.46. The largest absolute Gasteiger partial charge is 0.498 e. The van der Waals surface area contributed by atoms with E-state index in [1.807, 2.05) is 42.5 Å². The standard InChI is InChI=1S/C36H36ClF3N4O4/c1-23(36(38,39)40)48-35(2)11-9-30(24-3-5-27(37)6-4-24)26(19-35)21-43-13-15-44(16-14-43)28-7-8-31(32(46)22-45)33(18-28)47-29-17-25-10-12-41-34(25)42-20-29/h3-8,10,12,17-18,20,26,30,46H,1,9,11,13-16,19,21H2,2H3,(H,41,42). The summed E-state index contributed by atoms with van der Waals surface area (Å²) in [5, 5.41) is 11.7. The molecule has 2 aliphatic rings. The Hall–Kier alpha value is -4.44. The van der Waals surface area contributed by atoms with Gasteiger partial charge in [-0.15, -0.1) is 0 Å². The topological polar surface area (TPSA) is 90.9 Å². The zero-order valence-electron chi connectivity index (χ0n) is 26.4. The highest BCUT2D eigenvalue weighted by molar-refractivity contribution is 6.30. The number of ether oxygens (including phenoxy) is 2. The van der Waals surface area contributed by atoms with Crippen molar-refractivity contribution < 1.29 is 32.5 Å². The second-order valence-electron chi connectivity index (χ2n) is 12.7. The van der Waals surface area contributed by atoms with Gasteiger partial charge >= 0.3 is 6.18 Å². The van der Waals surface area contributed by atoms with Crippen LogP contribution in [-0.4, -0.2) is 70.4 Å². The molecule has 2 N–H and O–H groups in total. The first-order valence-electron chi connectivity index (χ1n) is 15.8. The van der Waals surface area contributed by atoms with Crippen molar-refractivity contribution >= 4 is 40.0 Å². The predicted molar refractivity (Wildman–Crippen MR) is 179 cm³/mol. The number of nitrogens with zero attached hydrogens (tertiary/aromatic N) is 3. The molecule has 1 aliphatic carbocycles. The molecule has 1 saturated heterocycles. The fraction of sp³-hybridized carbons (Fsp3) is 0.361. The number of benzene rings is 2. The van der Waals surface area contributed by atoms with Crippen LogP contribution in [-0.2, 0) is 9.53 Å². The molecular weight excluding hydrogens is 645 g/mol. The molecule has 0 amide bonds. The van der Waals surface area contributed by atoms with Crippen LogP contribution >= 0.6 is 11.6 Å². The Morgan fingerprint density at radius 1 is 1.15 bits per heavy atom. The molecule has 0 radical (unpaired) electrons. The molecule has 3 atom stereocenters. The van der Waals surface area contributed by atoms with Gasteiger partial charge in [-0.1, -0.05) is 30.3 Å². The van der Waals surface area contributed by atoms with E-state index in [-0.39, 0.29) is 17.4 Å². The molecule has 1 aliphatic heterocycles. The third kappa shape index (κ3) is 7.49. The zero-order valence-corrected chi connectivity index (χ0v) is 27.2. The van der Waals surface area contributed by atoms with Gasteiger partial charge in [0.2, 0.25) is 5.76 Å². The number of anilines is 1. The number of carbonyl (C=O) groups excluding carboxylic acids is 1. The summed E-state index contributed by atoms with van der Waals surface area (Å²) >= 11 is 6.16. The summed E-state index contributed by atoms with van der Waals surface area (Å²) in [7, 11) is 0. The number of rotatable bonds is 9. The van der Waals surface area contributed by atoms with E-state index >= 15 is 0 Å². The molecule has 48 heavy (non-hydrogen) atoms. The van der Waals surface area contributed by atoms with Crippen LogP contribution in [0.5, 0.6) is 11.5 Å². The van der Waals surface area contributed by atoms with Gasteiger partial charge in [0, 0.05) is 61.1 Å². The van der Waals surface area contributed by atoms with Gasteiger partial charge < -0.3 is 24.5 Å². The van der Waals surface area contributed by atoms with Crippen molar-refractivity contribution in [2.75, 3.05) is 37.6 Å². The smallest absolute Gasteiger partial charge is 0.448 e. The van der Waals surface area contributed by atoms with E-state index in [4.69, 9.17) is 21.1 Å². The average molecular weight is 681 g/mol. The molecule has 1 saturated carbocycles. The number of H-pyrrole nitrogens is 1. The maximum Gasteiger partial charge on any atom is 0.448 e. The number of allylic oxidation sites excluding steroid dienone is 1. The van der Waals surface area contributed by atoms with Crippen LogP contribution in [0.3, 0.4) is 0 Å². The number of pyridine rings is 1. The number of aromatic amines is 1. The van der Waals surface area contributed by atoms with Crippen LogP contribution in [0.15, 0.2) is 79.3 Å². The van der Waals surface area contributed by atoms with Gasteiger partial charge in [0.1, 0.15) is 22.7 Å². The van der Waals surface area contributed by atoms with Crippen LogP contribution in [0.2, 0.25) is 5.02 Å². The number of hydrogen-bond donors (Lipinski definition) is 2. The summed E-state index contributed by atoms with van der Waals surface area (Å²) < 4.78 is 51.7. The van der Waals surface area contributed by atoms with Crippen LogP contribution in [0.25, 0.3) is 16.8 Å². The quantitative estimate of drug-likeness (QED) is 0.136. The Morgan fingerprint density at radius 2 is 1.90 bits per heavy atom. The minimum Gasteiger partial charge on any atom is -0.498 e. The molecule has 3 heterocycles. The van der Waals surface area contributed by atoms with Gasteiger partial charge in [-0.3, -0.25) is 4.90 Å². The molecule has 6 rings (SSSR count). The molecule has 2 aromatic heterocycles. The first-order chi connectivity index (χ1) is 22.9. The van der Waals surface area contributed by atoms with E-state index in [1.165, 1.54) is 0 Å². The minimum absolute atomic E-state index is 0.0425. The number of aliphatic hydroxyl groups is 1. The number of alkyl halides is 3. The maximum atomic E-state index is 13.4. The van der Waals surface area contributed by atoms with Crippen molar-refractivity contribution in [2.45, 2.75) is 43.9 Å². The van der Waals surface area contributed by atoms with Crippen LogP contribution < -0.4 is 9.64 Å². The molecule has 4 aromatic rings. The summed E-state index contributed by atoms with van der Waals surface area (Å²) in [6, 6.07) is 16.6. The first kappa shape index (κ1) is 33.5. The van der Waals surface area contributed by atoms with Gasteiger partial charge in [0.25, 0.3) is 0 Å². The highest BCUT2D eigenvalue weighted by Gasteiger charge is 2.44. The van der Waals surface area contributed by atoms with E-state index in [1.54, 1.807) is 37.4 Å². The summed E-state index contributed by atoms with van der Waals surface area (Å²) in [6.45, 7) is 8.42. The molecular formula is C36H36ClF3N4O4. The Bertz CT molecular complexity index is 1830. The van der Waals surface area contributed by atoms with Crippen molar-refractivity contribution in [1.82, 2.24) is 14.9 Å². The summed E-state index contributed by atoms with van der Waals surface area (Å²) in [6.07, 6.45) is 0.335. The van der Waals surface area contributed by atoms with Gasteiger partial charge in [0.05, 0.1) is 11.8 Å². The van der Waals surface area contributed by atoms with E-state index in [0.29, 0.717) is 61.1 Å². The molecule has 0 bridgehead atoms. The van der Waals surface area contributed by atoms with E-state index in [0.717, 1.165) is 29.7 Å². The number of aromatic nitrogens is 2. The first-order valence-corrected chi connectivity index (χ1v) is 16.2. The molecule has 8 nitrogen and oxygen atoms in total. The third-order valence-corrected chi connectivity index (χ3v) is 9.63. The molecule has 3 unspecified atom stereocenters. The number of halogens is 4. The summed E-state index contributed by atoms with van der Waals surface area (Å²) in [5.41, 5.74) is 1.91. The van der Waals surface area contributed by atoms with Crippen molar-refractivity contribution in [2.24, 2.45) is 5.92 Å². The lowest BCUT2D eigenvalue weighted by atomic mass is 9.69. The fourth-order valence-corrected chi connectivity index (χ4v) is 7.08. The normalized spacial score (nSPS) is 21.9. The number of fused-ring (bicyclic) bond motifs is 1. The van der Waals surface area contributed by atoms with Crippen LogP contribution in [0.4, 0.5) is 18.9 Å². The monoisotopic (exact) mass is 680 g/mol. The zero-order chi connectivity index (χ0) is 34.1. The number of aliphatic hydroxyl groups excluding tert-OH is 1. The Labute approximate surface area is 281 Å². The van der Waals surface area contributed by atoms with Crippen molar-refractivity contribution in [1.29, 1.82) is 0 Å². The number of piperazine rings is 1. The Balaban J connectivity index is 1.17. The molecule has 2 fully saturated rings. The minimum atomic E-state index is -4.61. The van der Waals surface area contributed by atoms with Gasteiger partial charge in [-0.25, -0.2) is 9.78 Å².